The van der Waals surface area contributed by atoms with Gasteiger partial charge in [0.05, 0.1) is 31.1 Å². The number of nitrogens with zero attached hydrogens (tertiary/aromatic N) is 4. The number of carbonyl (C=O) groups is 1. The predicted molar refractivity (Wildman–Crippen MR) is 130 cm³/mol. The Morgan fingerprint density at radius 1 is 1.71 bits per heavy atom. The zero-order valence-corrected chi connectivity index (χ0v) is 21.3. The number of ether oxygens (including phenoxy) is 1. The van der Waals surface area contributed by atoms with Gasteiger partial charge in [0.2, 0.25) is 13.3 Å². The lowest BCUT2D eigenvalue weighted by Crippen LogP contribution is -2.48. The van der Waals surface area contributed by atoms with Gasteiger partial charge in [0, 0.05) is 28.7 Å². The zero-order chi connectivity index (χ0) is 26.8. The molecular formula is C20H31FN6O5P2. The van der Waals surface area contributed by atoms with Gasteiger partial charge in [-0.05, 0) is 19.7 Å². The van der Waals surface area contributed by atoms with Crippen molar-refractivity contribution in [1.82, 2.24) is 19.5 Å². The summed E-state index contributed by atoms with van der Waals surface area (Å²) in [6.45, 7) is 5.08. The van der Waals surface area contributed by atoms with Crippen molar-refractivity contribution in [3.05, 3.63) is 16.7 Å². The van der Waals surface area contributed by atoms with E-state index in [1.165, 1.54) is 18.0 Å². The maximum Gasteiger partial charge on any atom is 0.280 e. The van der Waals surface area contributed by atoms with Crippen LogP contribution in [-0.4, -0.2) is 76.9 Å². The highest BCUT2D eigenvalue weighted by Gasteiger charge is 2.42. The smallest absolute Gasteiger partial charge is 0.280 e. The second-order valence-corrected chi connectivity index (χ2v) is 12.5. The van der Waals surface area contributed by atoms with E-state index < -0.39 is 37.8 Å². The molecule has 2 aromatic heterocycles. The monoisotopic (exact) mass is 519 g/mol. The molecule has 0 saturated carbocycles. The number of amides is 1. The molecule has 0 bridgehead atoms. The number of fused-ring (bicyclic) bond motifs is 1. The molecule has 0 spiro atoms. The van der Waals surface area contributed by atoms with Gasteiger partial charge in [0.25, 0.3) is 5.56 Å². The number of hydrogen-bond donors (Lipinski definition) is 3. The van der Waals surface area contributed by atoms with E-state index in [0.29, 0.717) is 20.9 Å². The summed E-state index contributed by atoms with van der Waals surface area (Å²) in [6.07, 6.45) is -0.811. The lowest BCUT2D eigenvalue weighted by molar-refractivity contribution is -0.118. The van der Waals surface area contributed by atoms with Gasteiger partial charge in [0.15, 0.2) is 17.3 Å². The van der Waals surface area contributed by atoms with Crippen LogP contribution in [0.5, 0.6) is 0 Å². The molecule has 1 aliphatic rings. The van der Waals surface area contributed by atoms with E-state index in [-0.39, 0.29) is 42.4 Å². The van der Waals surface area contributed by atoms with Crippen LogP contribution in [0.15, 0.2) is 11.1 Å². The Kier molecular flexibility index (Phi) is 9.72. The third kappa shape index (κ3) is 6.77. The van der Waals surface area contributed by atoms with Gasteiger partial charge in [-0.2, -0.15) is 10.2 Å². The summed E-state index contributed by atoms with van der Waals surface area (Å²) in [6, 6.07) is 1.21. The minimum Gasteiger partial charge on any atom is -0.400 e. The second kappa shape index (κ2) is 13.2. The van der Waals surface area contributed by atoms with Gasteiger partial charge in [-0.1, -0.05) is 22.1 Å². The molecule has 188 valence electrons. The fourth-order valence-electron chi connectivity index (χ4n) is 3.17. The third-order valence-corrected chi connectivity index (χ3v) is 8.74. The van der Waals surface area contributed by atoms with E-state index >= 15 is 4.39 Å². The van der Waals surface area contributed by atoms with Crippen molar-refractivity contribution >= 4 is 39.1 Å². The quantitative estimate of drug-likeness (QED) is 0.355. The topological polar surface area (TPSA) is 155 Å². The highest BCUT2D eigenvalue weighted by molar-refractivity contribution is 8.18. The van der Waals surface area contributed by atoms with Crippen molar-refractivity contribution in [2.75, 3.05) is 31.9 Å². The molecule has 3 rings (SSSR count). The zero-order valence-electron chi connectivity index (χ0n) is 21.4. The highest BCUT2D eigenvalue weighted by atomic mass is 32.1. The maximum atomic E-state index is 15.7. The number of aliphatic hydroxyl groups excluding tert-OH is 1. The van der Waals surface area contributed by atoms with Gasteiger partial charge >= 0.3 is 0 Å². The number of hydrogen-bond acceptors (Lipinski definition) is 8. The summed E-state index contributed by atoms with van der Waals surface area (Å²) in [7, 11) is 0.689. The van der Waals surface area contributed by atoms with Crippen LogP contribution in [-0.2, 0) is 14.1 Å². The van der Waals surface area contributed by atoms with Gasteiger partial charge in [-0.3, -0.25) is 19.9 Å². The van der Waals surface area contributed by atoms with Crippen LogP contribution in [0.2, 0.25) is 0 Å². The van der Waals surface area contributed by atoms with Crippen LogP contribution >= 0.6 is 16.1 Å². The highest BCUT2D eigenvalue weighted by Crippen LogP contribution is 2.55. The van der Waals surface area contributed by atoms with Crippen LogP contribution in [0.3, 0.4) is 0 Å². The first-order valence-electron chi connectivity index (χ1n) is 11.6. The average Bonchev–Trinajstić information content (AvgIpc) is 3.25. The van der Waals surface area contributed by atoms with E-state index in [9.17, 15) is 9.59 Å². The number of imidazole rings is 1. The van der Waals surface area contributed by atoms with E-state index in [1.807, 2.05) is 6.66 Å². The predicted octanol–water partition coefficient (Wildman–Crippen LogP) is 2.54. The molecule has 1 amide bonds. The molecule has 3 unspecified atom stereocenters. The molecular weight excluding hydrogens is 485 g/mol. The molecule has 1 saturated heterocycles. The van der Waals surface area contributed by atoms with Crippen LogP contribution in [0.4, 0.5) is 10.3 Å². The minimum atomic E-state index is -1.54. The van der Waals surface area contributed by atoms with E-state index in [1.54, 1.807) is 13.8 Å². The Morgan fingerprint density at radius 2 is 2.44 bits per heavy atom. The first-order chi connectivity index (χ1) is 17.2. The van der Waals surface area contributed by atoms with E-state index in [4.69, 9.17) is 17.3 Å². The van der Waals surface area contributed by atoms with Crippen LogP contribution in [0.25, 0.3) is 11.2 Å². The summed E-state index contributed by atoms with van der Waals surface area (Å²) in [5, 5.41) is 14.8. The molecule has 34 heavy (non-hydrogen) atoms. The molecule has 1 aliphatic heterocycles. The number of H-pyrrole nitrogens is 1. The number of nitriles is 1. The number of aromatic amines is 1. The van der Waals surface area contributed by atoms with Crippen molar-refractivity contribution < 1.29 is 24.9 Å². The number of nitrogens with one attached hydrogen (secondary N) is 2. The Balaban J connectivity index is 0.00000145. The summed E-state index contributed by atoms with van der Waals surface area (Å²) < 4.78 is 42.4. The molecule has 1 fully saturated rings. The van der Waals surface area contributed by atoms with Crippen molar-refractivity contribution in [1.29, 1.82) is 6.69 Å². The molecule has 11 nitrogen and oxygen atoms in total. The lowest BCUT2D eigenvalue weighted by Gasteiger charge is -2.39. The number of anilines is 1. The maximum absolute atomic E-state index is 15.7. The van der Waals surface area contributed by atoms with E-state index in [0.717, 1.165) is 0 Å². The summed E-state index contributed by atoms with van der Waals surface area (Å²) in [5.41, 5.74) is -0.426. The molecule has 0 radical (unpaired) electrons. The largest absolute Gasteiger partial charge is 0.400 e. The third-order valence-electron chi connectivity index (χ3n) is 4.94. The van der Waals surface area contributed by atoms with Crippen LogP contribution in [0.1, 0.15) is 34.6 Å². The molecule has 3 heterocycles. The molecule has 0 aromatic carbocycles. The fraction of sp³-hybridized carbons (Fsp3) is 0.650. The lowest BCUT2D eigenvalue weighted by atomic mass is 10.0. The first kappa shape index (κ1) is 25.1. The van der Waals surface area contributed by atoms with Crippen LogP contribution in [0, 0.1) is 17.2 Å². The molecule has 14 heteroatoms. The normalized spacial score (nSPS) is 24.3. The minimum absolute atomic E-state index is 0.0144. The SMILES string of the molecule is [2H]C[C@H]1OC[C@@H](n2cnc3c(=O)[nH]c(NC(=O)C(C)C)nc32)[C@H](F)C1OP(C)PCCC#N.[3H]OC. The summed E-state index contributed by atoms with van der Waals surface area (Å²) >= 11 is 0. The van der Waals surface area contributed by atoms with Gasteiger partial charge in [0.1, 0.15) is 6.10 Å². The standard InChI is InChI=1S/C19H27FN6O4P2.CH4O/c1-10(2)17(27)24-19-23-16-14(18(28)25-19)22-9-26(16)12-8-29-11(3)15(13(12)20)30-32(4)31-7-5-6-21;1-2/h9-13,15,31H,5,7-8H2,1-4H3,(H2,23,24,25,27,28);2H,1H3/t11-,12-,13+,15?,32?;/m1./s1/i3D;2T. The second-order valence-electron chi connectivity index (χ2n) is 7.65. The van der Waals surface area contributed by atoms with Crippen molar-refractivity contribution in [3.8, 4) is 6.07 Å². The molecule has 0 aliphatic carbocycles. The summed E-state index contributed by atoms with van der Waals surface area (Å²) in [4.78, 5) is 35.3. The Morgan fingerprint density at radius 3 is 3.09 bits per heavy atom. The van der Waals surface area contributed by atoms with Crippen molar-refractivity contribution in [3.63, 3.8) is 0 Å². The average molecular weight is 519 g/mol. The van der Waals surface area contributed by atoms with Crippen LogP contribution < -0.4 is 10.9 Å². The molecule has 2 aromatic rings. The van der Waals surface area contributed by atoms with Gasteiger partial charge in [-0.15, -0.1) is 0 Å². The molecule has 3 N–H and O–H groups in total. The number of aromatic nitrogens is 4. The Bertz CT molecular complexity index is 1100. The number of rotatable bonds is 8. The molecule has 6 atom stereocenters. The Hall–Kier alpha value is -2.02. The summed E-state index contributed by atoms with van der Waals surface area (Å²) in [5.74, 6) is -0.698. The Labute approximate surface area is 202 Å². The van der Waals surface area contributed by atoms with Crippen molar-refractivity contribution in [2.45, 2.75) is 51.6 Å². The number of halogens is 1. The van der Waals surface area contributed by atoms with E-state index in [2.05, 4.69) is 31.4 Å². The number of carbonyl (C=O) groups excluding carboxylic acids is 1. The number of aliphatic hydroxyl groups is 1. The van der Waals surface area contributed by atoms with Gasteiger partial charge in [-0.25, -0.2) is 9.37 Å². The fourth-order valence-corrected chi connectivity index (χ4v) is 6.27. The van der Waals surface area contributed by atoms with Crippen molar-refractivity contribution in [2.24, 2.45) is 5.92 Å². The first-order valence-corrected chi connectivity index (χ1v) is 14.3. The van der Waals surface area contributed by atoms with Gasteiger partial charge < -0.3 is 18.9 Å². The number of alkyl halides is 1.